The van der Waals surface area contributed by atoms with Crippen LogP contribution in [0.25, 0.3) is 0 Å². The maximum absolute atomic E-state index is 5.89. The van der Waals surface area contributed by atoms with Gasteiger partial charge in [0.05, 0.1) is 13.2 Å². The molecule has 0 aliphatic carbocycles. The maximum atomic E-state index is 5.89. The van der Waals surface area contributed by atoms with Gasteiger partial charge in [-0.15, -0.1) is 0 Å². The van der Waals surface area contributed by atoms with E-state index in [4.69, 9.17) is 10.5 Å². The van der Waals surface area contributed by atoms with Gasteiger partial charge in [-0.05, 0) is 17.7 Å². The lowest BCUT2D eigenvalue weighted by Gasteiger charge is -2.34. The molecule has 0 bridgehead atoms. The Morgan fingerprint density at radius 2 is 2.12 bits per heavy atom. The molecule has 0 spiro atoms. The molecule has 1 aromatic rings. The first-order valence-corrected chi connectivity index (χ1v) is 6.38. The van der Waals surface area contributed by atoms with Gasteiger partial charge >= 0.3 is 0 Å². The zero-order valence-electron chi connectivity index (χ0n) is 9.23. The van der Waals surface area contributed by atoms with Crippen molar-refractivity contribution >= 4 is 15.9 Å². The highest BCUT2D eigenvalue weighted by Gasteiger charge is 2.21. The van der Waals surface area contributed by atoms with Crippen molar-refractivity contribution in [3.05, 3.63) is 34.3 Å². The van der Waals surface area contributed by atoms with Crippen LogP contribution in [-0.4, -0.2) is 37.7 Å². The SMILES string of the molecule is NCC(c1cccc(Br)c1)N1CCOCC1. The average Bonchev–Trinajstić information content (AvgIpc) is 2.31. The summed E-state index contributed by atoms with van der Waals surface area (Å²) in [7, 11) is 0. The zero-order valence-corrected chi connectivity index (χ0v) is 10.8. The van der Waals surface area contributed by atoms with Gasteiger partial charge in [-0.25, -0.2) is 0 Å². The molecular weight excluding hydrogens is 268 g/mol. The largest absolute Gasteiger partial charge is 0.379 e. The molecule has 1 heterocycles. The van der Waals surface area contributed by atoms with Gasteiger partial charge < -0.3 is 10.5 Å². The second kappa shape index (κ2) is 5.77. The number of morpholine rings is 1. The molecule has 88 valence electrons. The Bertz CT molecular complexity index is 340. The van der Waals surface area contributed by atoms with Crippen molar-refractivity contribution in [1.29, 1.82) is 0 Å². The van der Waals surface area contributed by atoms with Crippen LogP contribution in [0.3, 0.4) is 0 Å². The number of hydrogen-bond donors (Lipinski definition) is 1. The van der Waals surface area contributed by atoms with Gasteiger partial charge in [0, 0.05) is 30.1 Å². The Morgan fingerprint density at radius 1 is 1.38 bits per heavy atom. The van der Waals surface area contributed by atoms with Crippen LogP contribution in [-0.2, 0) is 4.74 Å². The third-order valence-electron chi connectivity index (χ3n) is 2.94. The molecule has 1 aromatic carbocycles. The molecule has 1 atom stereocenters. The van der Waals surface area contributed by atoms with Crippen LogP contribution in [0.1, 0.15) is 11.6 Å². The molecular formula is C12H17BrN2O. The molecule has 2 rings (SSSR count). The highest BCUT2D eigenvalue weighted by Crippen LogP contribution is 2.23. The predicted molar refractivity (Wildman–Crippen MR) is 68.3 cm³/mol. The molecule has 16 heavy (non-hydrogen) atoms. The van der Waals surface area contributed by atoms with Crippen LogP contribution in [0, 0.1) is 0 Å². The fraction of sp³-hybridized carbons (Fsp3) is 0.500. The Labute approximate surface area is 105 Å². The molecule has 1 aliphatic rings. The number of rotatable bonds is 3. The molecule has 1 fully saturated rings. The Balaban J connectivity index is 2.14. The molecule has 0 aromatic heterocycles. The smallest absolute Gasteiger partial charge is 0.0594 e. The van der Waals surface area contributed by atoms with E-state index in [1.165, 1.54) is 5.56 Å². The summed E-state index contributed by atoms with van der Waals surface area (Å²) in [6, 6.07) is 8.69. The third-order valence-corrected chi connectivity index (χ3v) is 3.44. The second-order valence-corrected chi connectivity index (χ2v) is 4.87. The maximum Gasteiger partial charge on any atom is 0.0594 e. The van der Waals surface area contributed by atoms with Crippen molar-refractivity contribution in [1.82, 2.24) is 4.90 Å². The third kappa shape index (κ3) is 2.83. The summed E-state index contributed by atoms with van der Waals surface area (Å²) in [6.07, 6.45) is 0. The van der Waals surface area contributed by atoms with Crippen LogP contribution in [0.5, 0.6) is 0 Å². The van der Waals surface area contributed by atoms with E-state index in [0.717, 1.165) is 30.8 Å². The fourth-order valence-electron chi connectivity index (χ4n) is 2.10. The van der Waals surface area contributed by atoms with Gasteiger partial charge in [0.15, 0.2) is 0 Å². The standard InChI is InChI=1S/C12H17BrN2O/c13-11-3-1-2-10(8-11)12(9-14)15-4-6-16-7-5-15/h1-3,8,12H,4-7,9,14H2. The first-order valence-electron chi connectivity index (χ1n) is 5.58. The van der Waals surface area contributed by atoms with Gasteiger partial charge in [0.2, 0.25) is 0 Å². The zero-order chi connectivity index (χ0) is 11.4. The molecule has 1 saturated heterocycles. The Kier molecular flexibility index (Phi) is 4.35. The number of nitrogens with two attached hydrogens (primary N) is 1. The molecule has 1 unspecified atom stereocenters. The minimum atomic E-state index is 0.307. The van der Waals surface area contributed by atoms with E-state index in [2.05, 4.69) is 39.0 Å². The van der Waals surface area contributed by atoms with Crippen molar-refractivity contribution in [2.45, 2.75) is 6.04 Å². The predicted octanol–water partition coefficient (Wildman–Crippen LogP) is 1.78. The number of ether oxygens (including phenoxy) is 1. The van der Waals surface area contributed by atoms with E-state index >= 15 is 0 Å². The summed E-state index contributed by atoms with van der Waals surface area (Å²) < 4.78 is 6.47. The molecule has 0 saturated carbocycles. The minimum Gasteiger partial charge on any atom is -0.379 e. The summed E-state index contributed by atoms with van der Waals surface area (Å²) in [5.41, 5.74) is 7.16. The first kappa shape index (κ1) is 12.0. The highest BCUT2D eigenvalue weighted by molar-refractivity contribution is 9.10. The van der Waals surface area contributed by atoms with Crippen LogP contribution >= 0.6 is 15.9 Å². The van der Waals surface area contributed by atoms with Gasteiger partial charge in [-0.2, -0.15) is 0 Å². The van der Waals surface area contributed by atoms with E-state index < -0.39 is 0 Å². The lowest BCUT2D eigenvalue weighted by atomic mass is 10.1. The number of nitrogens with zero attached hydrogens (tertiary/aromatic N) is 1. The van der Waals surface area contributed by atoms with E-state index in [9.17, 15) is 0 Å². The lowest BCUT2D eigenvalue weighted by Crippen LogP contribution is -2.41. The summed E-state index contributed by atoms with van der Waals surface area (Å²) in [5.74, 6) is 0. The Hall–Kier alpha value is -0.420. The summed E-state index contributed by atoms with van der Waals surface area (Å²) in [4.78, 5) is 2.39. The summed E-state index contributed by atoms with van der Waals surface area (Å²) in [6.45, 7) is 4.20. The van der Waals surface area contributed by atoms with Crippen LogP contribution < -0.4 is 5.73 Å². The van der Waals surface area contributed by atoms with E-state index in [1.54, 1.807) is 0 Å². The topological polar surface area (TPSA) is 38.5 Å². The van der Waals surface area contributed by atoms with Gasteiger partial charge in [-0.1, -0.05) is 28.1 Å². The van der Waals surface area contributed by atoms with E-state index in [-0.39, 0.29) is 0 Å². The normalized spacial score (nSPS) is 19.6. The minimum absolute atomic E-state index is 0.307. The van der Waals surface area contributed by atoms with Gasteiger partial charge in [0.25, 0.3) is 0 Å². The van der Waals surface area contributed by atoms with Crippen LogP contribution in [0.15, 0.2) is 28.7 Å². The van der Waals surface area contributed by atoms with Crippen LogP contribution in [0.2, 0.25) is 0 Å². The average molecular weight is 285 g/mol. The summed E-state index contributed by atoms with van der Waals surface area (Å²) >= 11 is 3.50. The van der Waals surface area contributed by atoms with Crippen molar-refractivity contribution in [2.75, 3.05) is 32.8 Å². The van der Waals surface area contributed by atoms with Crippen molar-refractivity contribution in [3.63, 3.8) is 0 Å². The monoisotopic (exact) mass is 284 g/mol. The fourth-order valence-corrected chi connectivity index (χ4v) is 2.52. The van der Waals surface area contributed by atoms with Gasteiger partial charge in [-0.3, -0.25) is 4.90 Å². The van der Waals surface area contributed by atoms with E-state index in [1.807, 2.05) is 6.07 Å². The lowest BCUT2D eigenvalue weighted by molar-refractivity contribution is 0.0179. The summed E-state index contributed by atoms with van der Waals surface area (Å²) in [5, 5.41) is 0. The first-order chi connectivity index (χ1) is 7.81. The van der Waals surface area contributed by atoms with Crippen molar-refractivity contribution in [3.8, 4) is 0 Å². The van der Waals surface area contributed by atoms with E-state index in [0.29, 0.717) is 12.6 Å². The van der Waals surface area contributed by atoms with Crippen molar-refractivity contribution < 1.29 is 4.74 Å². The molecule has 2 N–H and O–H groups in total. The molecule has 1 aliphatic heterocycles. The quantitative estimate of drug-likeness (QED) is 0.920. The van der Waals surface area contributed by atoms with Gasteiger partial charge in [0.1, 0.15) is 0 Å². The highest BCUT2D eigenvalue weighted by atomic mass is 79.9. The molecule has 0 amide bonds. The Morgan fingerprint density at radius 3 is 2.75 bits per heavy atom. The second-order valence-electron chi connectivity index (χ2n) is 3.95. The number of halogens is 1. The number of hydrogen-bond acceptors (Lipinski definition) is 3. The molecule has 3 nitrogen and oxygen atoms in total. The molecule has 0 radical (unpaired) electrons. The van der Waals surface area contributed by atoms with Crippen molar-refractivity contribution in [2.24, 2.45) is 5.73 Å². The molecule has 4 heteroatoms. The number of benzene rings is 1. The van der Waals surface area contributed by atoms with Crippen LogP contribution in [0.4, 0.5) is 0 Å².